The second kappa shape index (κ2) is 6.02. The first-order chi connectivity index (χ1) is 9.78. The lowest BCUT2D eigenvalue weighted by Gasteiger charge is -2.27. The third-order valence-corrected chi connectivity index (χ3v) is 6.97. The van der Waals surface area contributed by atoms with Crippen LogP contribution in [0.15, 0.2) is 11.6 Å². The number of carbonyl (C=O) groups is 1. The molecule has 1 aliphatic carbocycles. The highest BCUT2D eigenvalue weighted by atomic mass is 32.2. The molecule has 0 bridgehead atoms. The maximum absolute atomic E-state index is 12.6. The molecule has 1 N–H and O–H groups in total. The summed E-state index contributed by atoms with van der Waals surface area (Å²) in [6.07, 6.45) is 3.38. The van der Waals surface area contributed by atoms with Crippen LogP contribution in [0.2, 0.25) is 0 Å². The number of nitrogens with zero attached hydrogens (tertiary/aromatic N) is 1. The molecule has 0 aromatic carbocycles. The van der Waals surface area contributed by atoms with Crippen molar-refractivity contribution in [1.29, 1.82) is 0 Å². The predicted molar refractivity (Wildman–Crippen MR) is 80.3 cm³/mol. The van der Waals surface area contributed by atoms with Crippen molar-refractivity contribution in [2.75, 3.05) is 7.11 Å². The number of rotatable bonds is 5. The van der Waals surface area contributed by atoms with Gasteiger partial charge in [0.15, 0.2) is 0 Å². The lowest BCUT2D eigenvalue weighted by atomic mass is 10.1. The van der Waals surface area contributed by atoms with Crippen LogP contribution in [0.25, 0.3) is 0 Å². The molecule has 1 fully saturated rings. The number of esters is 1. The van der Waals surface area contributed by atoms with E-state index < -0.39 is 32.7 Å². The molecule has 0 aliphatic heterocycles. The maximum Gasteiger partial charge on any atom is 0.310 e. The molecular weight excluding hydrogens is 312 g/mol. The average molecular weight is 332 g/mol. The number of nitrogens with one attached hydrogen (secondary N) is 1. The number of methoxy groups -OCH3 is 1. The summed E-state index contributed by atoms with van der Waals surface area (Å²) in [5.74, 6) is -1.03. The lowest BCUT2D eigenvalue weighted by molar-refractivity contribution is -0.145. The van der Waals surface area contributed by atoms with Gasteiger partial charge in [-0.05, 0) is 26.7 Å². The van der Waals surface area contributed by atoms with Crippen molar-refractivity contribution >= 4 is 27.3 Å². The maximum atomic E-state index is 12.6. The molecule has 0 amide bonds. The number of hydrogen-bond acceptors (Lipinski definition) is 6. The van der Waals surface area contributed by atoms with E-state index in [0.717, 1.165) is 0 Å². The van der Waals surface area contributed by atoms with Crippen molar-refractivity contribution in [3.05, 3.63) is 16.6 Å². The zero-order chi connectivity index (χ0) is 15.7. The van der Waals surface area contributed by atoms with Gasteiger partial charge < -0.3 is 4.74 Å². The number of aromatic nitrogens is 1. The Hall–Kier alpha value is -0.990. The standard InChI is InChI=1S/C13H20N2O4S2/c1-13(2,12-14-7-8-20-12)15-21(17,18)10-6-4-5-9(10)11(16)19-3/h7-10,15H,4-6H2,1-3H3. The van der Waals surface area contributed by atoms with E-state index in [1.165, 1.54) is 18.4 Å². The van der Waals surface area contributed by atoms with Gasteiger partial charge in [0.25, 0.3) is 0 Å². The molecule has 21 heavy (non-hydrogen) atoms. The van der Waals surface area contributed by atoms with Crippen molar-refractivity contribution in [3.8, 4) is 0 Å². The van der Waals surface area contributed by atoms with Gasteiger partial charge in [-0.3, -0.25) is 4.79 Å². The van der Waals surface area contributed by atoms with E-state index in [9.17, 15) is 13.2 Å². The van der Waals surface area contributed by atoms with Gasteiger partial charge in [-0.1, -0.05) is 6.42 Å². The van der Waals surface area contributed by atoms with Gasteiger partial charge in [-0.25, -0.2) is 18.1 Å². The Morgan fingerprint density at radius 3 is 2.76 bits per heavy atom. The van der Waals surface area contributed by atoms with Crippen molar-refractivity contribution in [2.45, 2.75) is 43.9 Å². The normalized spacial score (nSPS) is 23.2. The molecule has 1 aromatic rings. The third-order valence-electron chi connectivity index (χ3n) is 3.72. The minimum atomic E-state index is -3.63. The van der Waals surface area contributed by atoms with E-state index >= 15 is 0 Å². The summed E-state index contributed by atoms with van der Waals surface area (Å²) in [6, 6.07) is 0. The second-order valence-corrected chi connectivity index (χ2v) is 8.50. The number of ether oxygens (including phenoxy) is 1. The monoisotopic (exact) mass is 332 g/mol. The Bertz CT molecular complexity index is 596. The molecule has 0 radical (unpaired) electrons. The van der Waals surface area contributed by atoms with Gasteiger partial charge in [0.1, 0.15) is 5.01 Å². The van der Waals surface area contributed by atoms with Crippen LogP contribution in [0.4, 0.5) is 0 Å². The lowest BCUT2D eigenvalue weighted by Crippen LogP contribution is -2.47. The molecule has 0 spiro atoms. The van der Waals surface area contributed by atoms with E-state index in [0.29, 0.717) is 24.3 Å². The van der Waals surface area contributed by atoms with Crippen LogP contribution < -0.4 is 4.72 Å². The summed E-state index contributed by atoms with van der Waals surface area (Å²) >= 11 is 1.40. The highest BCUT2D eigenvalue weighted by Gasteiger charge is 2.44. The summed E-state index contributed by atoms with van der Waals surface area (Å²) in [5.41, 5.74) is -0.795. The van der Waals surface area contributed by atoms with Gasteiger partial charge in [0, 0.05) is 11.6 Å². The minimum Gasteiger partial charge on any atom is -0.469 e. The third kappa shape index (κ3) is 3.44. The summed E-state index contributed by atoms with van der Waals surface area (Å²) in [4.78, 5) is 15.9. The van der Waals surface area contributed by atoms with Gasteiger partial charge in [-0.15, -0.1) is 11.3 Å². The quantitative estimate of drug-likeness (QED) is 0.829. The van der Waals surface area contributed by atoms with E-state index in [4.69, 9.17) is 4.74 Å². The zero-order valence-electron chi connectivity index (χ0n) is 12.3. The predicted octanol–water partition coefficient (Wildman–Crippen LogP) is 1.64. The fourth-order valence-electron chi connectivity index (χ4n) is 2.73. The van der Waals surface area contributed by atoms with Crippen LogP contribution in [-0.2, 0) is 25.1 Å². The van der Waals surface area contributed by atoms with Crippen molar-refractivity contribution in [2.24, 2.45) is 5.92 Å². The number of thiazole rings is 1. The molecule has 118 valence electrons. The Morgan fingerprint density at radius 2 is 2.19 bits per heavy atom. The topological polar surface area (TPSA) is 85.4 Å². The van der Waals surface area contributed by atoms with Gasteiger partial charge >= 0.3 is 5.97 Å². The van der Waals surface area contributed by atoms with E-state index in [2.05, 4.69) is 9.71 Å². The van der Waals surface area contributed by atoms with E-state index in [1.54, 1.807) is 25.4 Å². The number of carbonyl (C=O) groups excluding carboxylic acids is 1. The first-order valence-corrected chi connectivity index (χ1v) is 9.21. The second-order valence-electron chi connectivity index (χ2n) is 5.71. The van der Waals surface area contributed by atoms with E-state index in [-0.39, 0.29) is 0 Å². The molecule has 2 unspecified atom stereocenters. The Morgan fingerprint density at radius 1 is 1.48 bits per heavy atom. The van der Waals surface area contributed by atoms with Crippen LogP contribution in [0.1, 0.15) is 38.1 Å². The fraction of sp³-hybridized carbons (Fsp3) is 0.692. The number of sulfonamides is 1. The molecule has 1 aromatic heterocycles. The summed E-state index contributed by atoms with van der Waals surface area (Å²) in [5, 5.41) is 1.76. The van der Waals surface area contributed by atoms with Gasteiger partial charge in [0.05, 0.1) is 23.8 Å². The molecular formula is C13H20N2O4S2. The largest absolute Gasteiger partial charge is 0.469 e. The number of hydrogen-bond donors (Lipinski definition) is 1. The van der Waals surface area contributed by atoms with Crippen molar-refractivity contribution in [3.63, 3.8) is 0 Å². The zero-order valence-corrected chi connectivity index (χ0v) is 14.0. The molecule has 1 saturated carbocycles. The minimum absolute atomic E-state index is 0.449. The molecule has 1 heterocycles. The Balaban J connectivity index is 2.20. The van der Waals surface area contributed by atoms with E-state index in [1.807, 2.05) is 0 Å². The molecule has 1 aliphatic rings. The molecule has 6 nitrogen and oxygen atoms in total. The van der Waals surface area contributed by atoms with Crippen LogP contribution in [0.3, 0.4) is 0 Å². The summed E-state index contributed by atoms with van der Waals surface area (Å²) in [6.45, 7) is 3.54. The van der Waals surface area contributed by atoms with Crippen LogP contribution in [-0.4, -0.2) is 31.7 Å². The van der Waals surface area contributed by atoms with Crippen molar-refractivity contribution < 1.29 is 17.9 Å². The molecule has 2 atom stereocenters. The summed E-state index contributed by atoms with van der Waals surface area (Å²) < 4.78 is 32.7. The van der Waals surface area contributed by atoms with Gasteiger partial charge in [0.2, 0.25) is 10.0 Å². The first-order valence-electron chi connectivity index (χ1n) is 6.78. The fourth-order valence-corrected chi connectivity index (χ4v) is 5.62. The SMILES string of the molecule is COC(=O)C1CCCC1S(=O)(=O)NC(C)(C)c1nccs1. The molecule has 0 saturated heterocycles. The van der Waals surface area contributed by atoms with Crippen LogP contribution in [0, 0.1) is 5.92 Å². The molecule has 2 rings (SSSR count). The van der Waals surface area contributed by atoms with Gasteiger partial charge in [-0.2, -0.15) is 0 Å². The molecule has 8 heteroatoms. The van der Waals surface area contributed by atoms with Crippen molar-refractivity contribution in [1.82, 2.24) is 9.71 Å². The highest BCUT2D eigenvalue weighted by Crippen LogP contribution is 2.33. The average Bonchev–Trinajstić information content (AvgIpc) is 3.07. The highest BCUT2D eigenvalue weighted by molar-refractivity contribution is 7.90. The van der Waals surface area contributed by atoms with Crippen LogP contribution in [0.5, 0.6) is 0 Å². The first kappa shape index (κ1) is 16.4. The smallest absolute Gasteiger partial charge is 0.310 e. The Kier molecular flexibility index (Phi) is 4.69. The summed E-state index contributed by atoms with van der Waals surface area (Å²) in [7, 11) is -2.34. The van der Waals surface area contributed by atoms with Crippen LogP contribution >= 0.6 is 11.3 Å². The Labute approximate surface area is 129 Å².